The van der Waals surface area contributed by atoms with Gasteiger partial charge in [-0.3, -0.25) is 9.89 Å². The van der Waals surface area contributed by atoms with Crippen molar-refractivity contribution < 1.29 is 14.6 Å². The molecule has 1 aromatic heterocycles. The third-order valence-corrected chi connectivity index (χ3v) is 2.20. The quantitative estimate of drug-likeness (QED) is 0.747. The van der Waals surface area contributed by atoms with E-state index in [4.69, 9.17) is 4.74 Å². The Morgan fingerprint density at radius 3 is 2.94 bits per heavy atom. The van der Waals surface area contributed by atoms with E-state index in [0.29, 0.717) is 11.6 Å². The van der Waals surface area contributed by atoms with Crippen LogP contribution in [0.25, 0.3) is 0 Å². The predicted molar refractivity (Wildman–Crippen MR) is 61.2 cm³/mol. The Morgan fingerprint density at radius 1 is 1.47 bits per heavy atom. The standard InChI is InChI=1S/C11H11N3O3/c1-17-7-2-3-9(15)8(6-7)11(16)13-10-4-5-12-14-10/h2-6,15H,1H3,(H2,12,13,14,16). The summed E-state index contributed by atoms with van der Waals surface area (Å²) in [5.74, 6) is 0.406. The lowest BCUT2D eigenvalue weighted by molar-refractivity contribution is 0.102. The Kier molecular flexibility index (Phi) is 2.95. The molecule has 0 radical (unpaired) electrons. The number of carbonyl (C=O) groups is 1. The molecule has 0 saturated carbocycles. The molecule has 1 aromatic carbocycles. The number of anilines is 1. The summed E-state index contributed by atoms with van der Waals surface area (Å²) >= 11 is 0. The maximum absolute atomic E-state index is 11.8. The molecule has 88 valence electrons. The fraction of sp³-hybridized carbons (Fsp3) is 0.0909. The summed E-state index contributed by atoms with van der Waals surface area (Å²) in [4.78, 5) is 11.8. The normalized spacial score (nSPS) is 9.94. The second-order valence-corrected chi connectivity index (χ2v) is 3.31. The Morgan fingerprint density at radius 2 is 2.29 bits per heavy atom. The number of hydrogen-bond acceptors (Lipinski definition) is 4. The van der Waals surface area contributed by atoms with Gasteiger partial charge in [0, 0.05) is 6.07 Å². The van der Waals surface area contributed by atoms with Gasteiger partial charge in [-0.2, -0.15) is 5.10 Å². The number of H-pyrrole nitrogens is 1. The zero-order chi connectivity index (χ0) is 12.3. The molecule has 2 rings (SSSR count). The van der Waals surface area contributed by atoms with Crippen LogP contribution in [-0.2, 0) is 0 Å². The van der Waals surface area contributed by atoms with Crippen LogP contribution >= 0.6 is 0 Å². The van der Waals surface area contributed by atoms with Crippen LogP contribution in [0.2, 0.25) is 0 Å². The Bertz CT molecular complexity index is 523. The van der Waals surface area contributed by atoms with Crippen LogP contribution in [0.5, 0.6) is 11.5 Å². The molecule has 2 aromatic rings. The molecule has 1 amide bonds. The summed E-state index contributed by atoms with van der Waals surface area (Å²) in [6, 6.07) is 6.04. The van der Waals surface area contributed by atoms with E-state index >= 15 is 0 Å². The van der Waals surface area contributed by atoms with E-state index in [1.54, 1.807) is 12.1 Å². The van der Waals surface area contributed by atoms with Gasteiger partial charge in [0.2, 0.25) is 0 Å². The fourth-order valence-electron chi connectivity index (χ4n) is 1.34. The number of hydrogen-bond donors (Lipinski definition) is 3. The minimum absolute atomic E-state index is 0.109. The number of phenolic OH excluding ortho intramolecular Hbond substituents is 1. The van der Waals surface area contributed by atoms with Crippen LogP contribution in [0, 0.1) is 0 Å². The van der Waals surface area contributed by atoms with Gasteiger partial charge in [0.1, 0.15) is 17.3 Å². The molecular weight excluding hydrogens is 222 g/mol. The summed E-state index contributed by atoms with van der Waals surface area (Å²) in [6.45, 7) is 0. The first-order valence-corrected chi connectivity index (χ1v) is 4.88. The number of aromatic nitrogens is 2. The predicted octanol–water partition coefficient (Wildman–Crippen LogP) is 1.38. The molecule has 0 bridgehead atoms. The number of phenols is 1. The minimum atomic E-state index is -0.439. The Labute approximate surface area is 97.2 Å². The van der Waals surface area contributed by atoms with Crippen molar-refractivity contribution in [3.05, 3.63) is 36.0 Å². The van der Waals surface area contributed by atoms with Crippen molar-refractivity contribution in [3.63, 3.8) is 0 Å². The number of amides is 1. The van der Waals surface area contributed by atoms with Gasteiger partial charge in [-0.1, -0.05) is 0 Å². The molecule has 17 heavy (non-hydrogen) atoms. The zero-order valence-electron chi connectivity index (χ0n) is 9.10. The minimum Gasteiger partial charge on any atom is -0.507 e. The molecule has 0 atom stereocenters. The first-order valence-electron chi connectivity index (χ1n) is 4.88. The maximum Gasteiger partial charge on any atom is 0.260 e. The number of rotatable bonds is 3. The van der Waals surface area contributed by atoms with Crippen molar-refractivity contribution in [3.8, 4) is 11.5 Å². The summed E-state index contributed by atoms with van der Waals surface area (Å²) in [5.41, 5.74) is 0.138. The van der Waals surface area contributed by atoms with Gasteiger partial charge in [-0.15, -0.1) is 0 Å². The van der Waals surface area contributed by atoms with E-state index in [1.807, 2.05) is 0 Å². The van der Waals surface area contributed by atoms with Crippen LogP contribution in [0.4, 0.5) is 5.82 Å². The summed E-state index contributed by atoms with van der Waals surface area (Å²) in [5, 5.41) is 18.4. The van der Waals surface area contributed by atoms with Crippen molar-refractivity contribution in [2.75, 3.05) is 12.4 Å². The highest BCUT2D eigenvalue weighted by molar-refractivity contribution is 6.05. The number of ether oxygens (including phenoxy) is 1. The smallest absolute Gasteiger partial charge is 0.260 e. The van der Waals surface area contributed by atoms with Gasteiger partial charge < -0.3 is 15.2 Å². The monoisotopic (exact) mass is 233 g/mol. The number of nitrogens with zero attached hydrogens (tertiary/aromatic N) is 1. The molecule has 0 unspecified atom stereocenters. The third kappa shape index (κ3) is 2.36. The molecule has 0 aliphatic rings. The SMILES string of the molecule is COc1ccc(O)c(C(=O)Nc2ccn[nH]2)c1. The van der Waals surface area contributed by atoms with Crippen molar-refractivity contribution in [1.82, 2.24) is 10.2 Å². The highest BCUT2D eigenvalue weighted by atomic mass is 16.5. The second-order valence-electron chi connectivity index (χ2n) is 3.31. The van der Waals surface area contributed by atoms with Crippen molar-refractivity contribution >= 4 is 11.7 Å². The van der Waals surface area contributed by atoms with E-state index in [-0.39, 0.29) is 11.3 Å². The molecule has 6 heteroatoms. The van der Waals surface area contributed by atoms with Gasteiger partial charge >= 0.3 is 0 Å². The molecule has 1 heterocycles. The summed E-state index contributed by atoms with van der Waals surface area (Å²) in [6.07, 6.45) is 1.51. The molecule has 0 aliphatic heterocycles. The Balaban J connectivity index is 2.24. The number of nitrogens with one attached hydrogen (secondary N) is 2. The number of methoxy groups -OCH3 is 1. The van der Waals surface area contributed by atoms with Crippen molar-refractivity contribution in [2.45, 2.75) is 0 Å². The molecular formula is C11H11N3O3. The Hall–Kier alpha value is -2.50. The second kappa shape index (κ2) is 4.56. The van der Waals surface area contributed by atoms with Crippen LogP contribution in [0.1, 0.15) is 10.4 Å². The number of aromatic amines is 1. The average Bonchev–Trinajstić information content (AvgIpc) is 2.82. The van der Waals surface area contributed by atoms with Gasteiger partial charge in [-0.25, -0.2) is 0 Å². The topological polar surface area (TPSA) is 87.2 Å². The van der Waals surface area contributed by atoms with Crippen LogP contribution in [-0.4, -0.2) is 28.3 Å². The first-order chi connectivity index (χ1) is 8.20. The summed E-state index contributed by atoms with van der Waals surface area (Å²) in [7, 11) is 1.49. The fourth-order valence-corrected chi connectivity index (χ4v) is 1.34. The third-order valence-electron chi connectivity index (χ3n) is 2.20. The van der Waals surface area contributed by atoms with Gasteiger partial charge in [0.15, 0.2) is 0 Å². The highest BCUT2D eigenvalue weighted by Crippen LogP contribution is 2.23. The van der Waals surface area contributed by atoms with Gasteiger partial charge in [0.05, 0.1) is 18.9 Å². The first kappa shape index (κ1) is 11.0. The van der Waals surface area contributed by atoms with Crippen molar-refractivity contribution in [1.29, 1.82) is 0 Å². The largest absolute Gasteiger partial charge is 0.507 e. The van der Waals surface area contributed by atoms with Crippen LogP contribution < -0.4 is 10.1 Å². The van der Waals surface area contributed by atoms with Gasteiger partial charge in [0.25, 0.3) is 5.91 Å². The van der Waals surface area contributed by atoms with Crippen LogP contribution in [0.3, 0.4) is 0 Å². The van der Waals surface area contributed by atoms with E-state index in [0.717, 1.165) is 0 Å². The molecule has 0 aliphatic carbocycles. The molecule has 6 nitrogen and oxygen atoms in total. The molecule has 3 N–H and O–H groups in total. The lowest BCUT2D eigenvalue weighted by Crippen LogP contribution is -2.12. The number of aromatic hydroxyl groups is 1. The van der Waals surface area contributed by atoms with Crippen LogP contribution in [0.15, 0.2) is 30.5 Å². The number of benzene rings is 1. The van der Waals surface area contributed by atoms with E-state index in [1.165, 1.54) is 25.4 Å². The molecule has 0 saturated heterocycles. The van der Waals surface area contributed by atoms with Gasteiger partial charge in [-0.05, 0) is 18.2 Å². The lowest BCUT2D eigenvalue weighted by Gasteiger charge is -2.06. The average molecular weight is 233 g/mol. The summed E-state index contributed by atoms with van der Waals surface area (Å²) < 4.78 is 4.98. The molecule has 0 spiro atoms. The van der Waals surface area contributed by atoms with E-state index < -0.39 is 5.91 Å². The van der Waals surface area contributed by atoms with E-state index in [9.17, 15) is 9.90 Å². The zero-order valence-corrected chi connectivity index (χ0v) is 9.10. The highest BCUT2D eigenvalue weighted by Gasteiger charge is 2.12. The molecule has 0 fully saturated rings. The van der Waals surface area contributed by atoms with Crippen molar-refractivity contribution in [2.24, 2.45) is 0 Å². The maximum atomic E-state index is 11.8. The van der Waals surface area contributed by atoms with E-state index in [2.05, 4.69) is 15.5 Å². The lowest BCUT2D eigenvalue weighted by atomic mass is 10.2. The number of carbonyl (C=O) groups excluding carboxylic acids is 1.